The summed E-state index contributed by atoms with van der Waals surface area (Å²) in [5.41, 5.74) is 0.230. The number of carboxylic acids is 1. The van der Waals surface area contributed by atoms with Crippen molar-refractivity contribution in [1.29, 1.82) is 0 Å². The molecule has 3 nitrogen and oxygen atoms in total. The van der Waals surface area contributed by atoms with E-state index in [1.807, 2.05) is 0 Å². The molecule has 0 heterocycles. The van der Waals surface area contributed by atoms with E-state index in [2.05, 4.69) is 29.8 Å². The smallest absolute Gasteiger partial charge is 0.335 e. The van der Waals surface area contributed by atoms with Crippen LogP contribution in [-0.2, 0) is 0 Å². The molecule has 4 heteroatoms. The van der Waals surface area contributed by atoms with Gasteiger partial charge in [-0.05, 0) is 30.5 Å². The van der Waals surface area contributed by atoms with Crippen LogP contribution in [0.5, 0.6) is 5.75 Å². The van der Waals surface area contributed by atoms with Gasteiger partial charge in [0, 0.05) is 4.47 Å². The molecule has 0 unspecified atom stereocenters. The molecule has 1 N–H and O–H groups in total. The van der Waals surface area contributed by atoms with Gasteiger partial charge in [0.15, 0.2) is 0 Å². The van der Waals surface area contributed by atoms with Gasteiger partial charge in [-0.15, -0.1) is 0 Å². The van der Waals surface area contributed by atoms with Crippen molar-refractivity contribution in [2.45, 2.75) is 20.3 Å². The molecular weight excluding hydrogens is 272 g/mol. The van der Waals surface area contributed by atoms with Crippen molar-refractivity contribution in [2.75, 3.05) is 6.61 Å². The molecule has 0 bridgehead atoms. The Morgan fingerprint density at radius 2 is 2.12 bits per heavy atom. The fourth-order valence-corrected chi connectivity index (χ4v) is 1.65. The van der Waals surface area contributed by atoms with Crippen molar-refractivity contribution in [2.24, 2.45) is 5.92 Å². The predicted octanol–water partition coefficient (Wildman–Crippen LogP) is 3.57. The second-order valence-corrected chi connectivity index (χ2v) is 4.93. The van der Waals surface area contributed by atoms with Crippen molar-refractivity contribution in [3.8, 4) is 5.75 Å². The Bertz CT molecular complexity index is 375. The third-order valence-corrected chi connectivity index (χ3v) is 2.54. The van der Waals surface area contributed by atoms with Crippen LogP contribution in [0.25, 0.3) is 0 Å². The number of hydrogen-bond acceptors (Lipinski definition) is 2. The Hall–Kier alpha value is -1.03. The molecule has 0 amide bonds. The first-order valence-corrected chi connectivity index (χ1v) is 5.95. The third kappa shape index (κ3) is 4.23. The van der Waals surface area contributed by atoms with Crippen LogP contribution in [-0.4, -0.2) is 17.7 Å². The zero-order valence-electron chi connectivity index (χ0n) is 9.37. The zero-order chi connectivity index (χ0) is 12.1. The monoisotopic (exact) mass is 286 g/mol. The number of benzene rings is 1. The second kappa shape index (κ2) is 5.89. The molecule has 16 heavy (non-hydrogen) atoms. The molecule has 1 rings (SSSR count). The summed E-state index contributed by atoms with van der Waals surface area (Å²) >= 11 is 3.26. The summed E-state index contributed by atoms with van der Waals surface area (Å²) in [5.74, 6) is 0.216. The lowest BCUT2D eigenvalue weighted by molar-refractivity contribution is 0.0696. The van der Waals surface area contributed by atoms with Gasteiger partial charge < -0.3 is 9.84 Å². The maximum absolute atomic E-state index is 10.8. The highest BCUT2D eigenvalue weighted by Crippen LogP contribution is 2.22. The van der Waals surface area contributed by atoms with Gasteiger partial charge in [-0.3, -0.25) is 0 Å². The molecule has 0 radical (unpaired) electrons. The topological polar surface area (TPSA) is 46.5 Å². The standard InChI is InChI=1S/C12H15BrO3/c1-8(2)3-4-16-11-6-9(12(14)15)5-10(13)7-11/h5-8H,3-4H2,1-2H3,(H,14,15). The van der Waals surface area contributed by atoms with Crippen LogP contribution < -0.4 is 4.74 Å². The van der Waals surface area contributed by atoms with Crippen LogP contribution in [0.3, 0.4) is 0 Å². The lowest BCUT2D eigenvalue weighted by atomic mass is 10.1. The third-order valence-electron chi connectivity index (χ3n) is 2.08. The number of hydrogen-bond donors (Lipinski definition) is 1. The normalized spacial score (nSPS) is 10.5. The molecule has 0 atom stereocenters. The summed E-state index contributed by atoms with van der Waals surface area (Å²) in [5, 5.41) is 8.87. The van der Waals surface area contributed by atoms with Gasteiger partial charge in [-0.2, -0.15) is 0 Å². The second-order valence-electron chi connectivity index (χ2n) is 4.01. The lowest BCUT2D eigenvalue weighted by Crippen LogP contribution is -2.03. The summed E-state index contributed by atoms with van der Waals surface area (Å²) in [6.07, 6.45) is 0.953. The summed E-state index contributed by atoms with van der Waals surface area (Å²) < 4.78 is 6.21. The summed E-state index contributed by atoms with van der Waals surface area (Å²) in [6, 6.07) is 4.86. The van der Waals surface area contributed by atoms with E-state index in [0.29, 0.717) is 22.7 Å². The van der Waals surface area contributed by atoms with Crippen LogP contribution >= 0.6 is 15.9 Å². The molecule has 0 saturated heterocycles. The lowest BCUT2D eigenvalue weighted by Gasteiger charge is -2.09. The van der Waals surface area contributed by atoms with Crippen LogP contribution in [0.15, 0.2) is 22.7 Å². The number of carboxylic acid groups (broad SMARTS) is 1. The molecule has 1 aromatic carbocycles. The molecular formula is C12H15BrO3. The van der Waals surface area contributed by atoms with E-state index in [9.17, 15) is 4.79 Å². The minimum atomic E-state index is -0.949. The summed E-state index contributed by atoms with van der Waals surface area (Å²) in [6.45, 7) is 4.84. The summed E-state index contributed by atoms with van der Waals surface area (Å²) in [4.78, 5) is 10.8. The Morgan fingerprint density at radius 3 is 2.69 bits per heavy atom. The summed E-state index contributed by atoms with van der Waals surface area (Å²) in [7, 11) is 0. The average Bonchev–Trinajstić information content (AvgIpc) is 2.16. The number of carbonyl (C=O) groups is 1. The quantitative estimate of drug-likeness (QED) is 0.900. The van der Waals surface area contributed by atoms with Gasteiger partial charge >= 0.3 is 5.97 Å². The first-order valence-electron chi connectivity index (χ1n) is 5.15. The minimum Gasteiger partial charge on any atom is -0.494 e. The predicted molar refractivity (Wildman–Crippen MR) is 66.1 cm³/mol. The Labute approximate surface area is 104 Å². The number of aromatic carboxylic acids is 1. The molecule has 0 saturated carbocycles. The first kappa shape index (κ1) is 13.0. The van der Waals surface area contributed by atoms with E-state index in [1.165, 1.54) is 6.07 Å². The van der Waals surface area contributed by atoms with E-state index < -0.39 is 5.97 Å². The number of rotatable bonds is 5. The first-order chi connectivity index (χ1) is 7.49. The SMILES string of the molecule is CC(C)CCOc1cc(Br)cc(C(=O)O)c1. The average molecular weight is 287 g/mol. The molecule has 88 valence electrons. The largest absolute Gasteiger partial charge is 0.494 e. The highest BCUT2D eigenvalue weighted by molar-refractivity contribution is 9.10. The van der Waals surface area contributed by atoms with E-state index >= 15 is 0 Å². The maximum Gasteiger partial charge on any atom is 0.335 e. The highest BCUT2D eigenvalue weighted by Gasteiger charge is 2.06. The van der Waals surface area contributed by atoms with Gasteiger partial charge in [0.1, 0.15) is 5.75 Å². The van der Waals surface area contributed by atoms with Gasteiger partial charge in [0.25, 0.3) is 0 Å². The fourth-order valence-electron chi connectivity index (χ4n) is 1.18. The van der Waals surface area contributed by atoms with Crippen molar-refractivity contribution in [3.05, 3.63) is 28.2 Å². The minimum absolute atomic E-state index is 0.230. The van der Waals surface area contributed by atoms with Gasteiger partial charge in [0.2, 0.25) is 0 Å². The molecule has 0 aliphatic heterocycles. The molecule has 0 aliphatic carbocycles. The van der Waals surface area contributed by atoms with Gasteiger partial charge in [-0.1, -0.05) is 29.8 Å². The fraction of sp³-hybridized carbons (Fsp3) is 0.417. The van der Waals surface area contributed by atoms with Crippen LogP contribution in [0.2, 0.25) is 0 Å². The Morgan fingerprint density at radius 1 is 1.44 bits per heavy atom. The van der Waals surface area contributed by atoms with E-state index in [-0.39, 0.29) is 5.56 Å². The molecule has 0 spiro atoms. The molecule has 0 fully saturated rings. The Kier molecular flexibility index (Phi) is 4.80. The molecule has 1 aromatic rings. The number of halogens is 1. The van der Waals surface area contributed by atoms with E-state index in [4.69, 9.17) is 9.84 Å². The zero-order valence-corrected chi connectivity index (χ0v) is 11.0. The molecule has 0 aromatic heterocycles. The highest BCUT2D eigenvalue weighted by atomic mass is 79.9. The van der Waals surface area contributed by atoms with Gasteiger partial charge in [0.05, 0.1) is 12.2 Å². The van der Waals surface area contributed by atoms with Gasteiger partial charge in [-0.25, -0.2) is 4.79 Å². The van der Waals surface area contributed by atoms with Crippen LogP contribution in [0.4, 0.5) is 0 Å². The van der Waals surface area contributed by atoms with Crippen molar-refractivity contribution in [1.82, 2.24) is 0 Å². The van der Waals surface area contributed by atoms with Crippen molar-refractivity contribution in [3.63, 3.8) is 0 Å². The van der Waals surface area contributed by atoms with Crippen LogP contribution in [0.1, 0.15) is 30.6 Å². The maximum atomic E-state index is 10.8. The van der Waals surface area contributed by atoms with Crippen molar-refractivity contribution >= 4 is 21.9 Å². The van der Waals surface area contributed by atoms with Crippen molar-refractivity contribution < 1.29 is 14.6 Å². The number of ether oxygens (including phenoxy) is 1. The molecule has 0 aliphatic rings. The van der Waals surface area contributed by atoms with Crippen LogP contribution in [0, 0.1) is 5.92 Å². The van der Waals surface area contributed by atoms with E-state index in [0.717, 1.165) is 6.42 Å². The van der Waals surface area contributed by atoms with E-state index in [1.54, 1.807) is 12.1 Å². The Balaban J connectivity index is 2.69.